The van der Waals surface area contributed by atoms with Gasteiger partial charge in [0.25, 0.3) is 0 Å². The van der Waals surface area contributed by atoms with Crippen LogP contribution in [0.15, 0.2) is 30.3 Å². The molecule has 0 N–H and O–H groups in total. The second kappa shape index (κ2) is 4.78. The Hall–Kier alpha value is -1.10. The van der Waals surface area contributed by atoms with Crippen LogP contribution in [0.5, 0.6) is 5.75 Å². The quantitative estimate of drug-likeness (QED) is 0.837. The summed E-state index contributed by atoms with van der Waals surface area (Å²) in [6, 6.07) is 9.65. The minimum atomic E-state index is -1.05. The van der Waals surface area contributed by atoms with Crippen LogP contribution in [0.3, 0.4) is 0 Å². The summed E-state index contributed by atoms with van der Waals surface area (Å²) in [5, 5.41) is 0. The molecule has 1 aromatic carbocycles. The topological polar surface area (TPSA) is 36.9 Å². The van der Waals surface area contributed by atoms with Crippen molar-refractivity contribution in [1.29, 1.82) is 0 Å². The van der Waals surface area contributed by atoms with Crippen molar-refractivity contribution in [3.05, 3.63) is 30.3 Å². The molecule has 0 spiro atoms. The first kappa shape index (κ1) is 12.9. The molecule has 2 bridgehead atoms. The molecule has 104 valence electrons. The molecule has 0 amide bonds. The van der Waals surface area contributed by atoms with Crippen molar-refractivity contribution in [3.63, 3.8) is 0 Å². The van der Waals surface area contributed by atoms with Gasteiger partial charge in [-0.05, 0) is 25.5 Å². The molecule has 3 aliphatic rings. The lowest BCUT2D eigenvalue weighted by molar-refractivity contribution is -0.486. The van der Waals surface area contributed by atoms with Gasteiger partial charge in [0.2, 0.25) is 0 Å². The minimum Gasteiger partial charge on any atom is -0.482 e. The Balaban J connectivity index is 1.69. The summed E-state index contributed by atoms with van der Waals surface area (Å²) in [6.45, 7) is 6.07. The van der Waals surface area contributed by atoms with Gasteiger partial charge >= 0.3 is 5.97 Å². The largest absolute Gasteiger partial charge is 0.482 e. The van der Waals surface area contributed by atoms with Crippen LogP contribution in [-0.4, -0.2) is 31.9 Å². The Morgan fingerprint density at radius 3 is 2.21 bits per heavy atom. The first-order valence-electron chi connectivity index (χ1n) is 6.82. The van der Waals surface area contributed by atoms with E-state index in [-0.39, 0.29) is 11.5 Å². The van der Waals surface area contributed by atoms with Crippen molar-refractivity contribution in [3.8, 4) is 5.75 Å². The van der Waals surface area contributed by atoms with Gasteiger partial charge in [-0.1, -0.05) is 25.1 Å². The molecule has 19 heavy (non-hydrogen) atoms. The molecule has 4 heteroatoms. The average molecular weight is 264 g/mol. The van der Waals surface area contributed by atoms with E-state index in [9.17, 15) is 0 Å². The molecular weight excluding hydrogens is 244 g/mol. The predicted octanol–water partition coefficient (Wildman–Crippen LogP) is 2.58. The third-order valence-electron chi connectivity index (χ3n) is 4.04. The molecule has 0 aromatic heterocycles. The summed E-state index contributed by atoms with van der Waals surface area (Å²) in [7, 11) is 0. The molecule has 4 nitrogen and oxygen atoms in total. The summed E-state index contributed by atoms with van der Waals surface area (Å²) < 4.78 is 23.3. The van der Waals surface area contributed by atoms with Gasteiger partial charge in [-0.3, -0.25) is 0 Å². The van der Waals surface area contributed by atoms with Crippen molar-refractivity contribution < 1.29 is 18.9 Å². The van der Waals surface area contributed by atoms with Gasteiger partial charge in [-0.15, -0.1) is 0 Å². The van der Waals surface area contributed by atoms with Gasteiger partial charge < -0.3 is 18.9 Å². The van der Waals surface area contributed by atoms with E-state index in [1.807, 2.05) is 37.3 Å². The van der Waals surface area contributed by atoms with Crippen LogP contribution in [0.25, 0.3) is 0 Å². The van der Waals surface area contributed by atoms with Crippen molar-refractivity contribution in [1.82, 2.24) is 0 Å². The van der Waals surface area contributed by atoms with Crippen LogP contribution in [0.4, 0.5) is 0 Å². The summed E-state index contributed by atoms with van der Waals surface area (Å²) in [6.07, 6.45) is 0.682. The highest BCUT2D eigenvalue weighted by Crippen LogP contribution is 2.42. The van der Waals surface area contributed by atoms with Crippen LogP contribution in [0.2, 0.25) is 0 Å². The Bertz CT molecular complexity index is 407. The second-order valence-electron chi connectivity index (χ2n) is 5.40. The highest BCUT2D eigenvalue weighted by molar-refractivity contribution is 5.21. The molecule has 3 heterocycles. The number of ether oxygens (including phenoxy) is 4. The van der Waals surface area contributed by atoms with E-state index >= 15 is 0 Å². The van der Waals surface area contributed by atoms with E-state index in [0.29, 0.717) is 19.8 Å². The monoisotopic (exact) mass is 264 g/mol. The van der Waals surface area contributed by atoms with Crippen molar-refractivity contribution in [2.24, 2.45) is 5.41 Å². The maximum Gasteiger partial charge on any atom is 0.322 e. The molecule has 0 aliphatic carbocycles. The molecule has 3 fully saturated rings. The number of benzene rings is 1. The maximum atomic E-state index is 5.86. The Morgan fingerprint density at radius 1 is 1.11 bits per heavy atom. The van der Waals surface area contributed by atoms with Gasteiger partial charge in [0, 0.05) is 5.41 Å². The SMILES string of the molecule is CCC12COC(C(C)Oc3ccccc3)(OC1)OC2. The molecule has 1 atom stereocenters. The molecule has 1 aromatic rings. The average Bonchev–Trinajstić information content (AvgIpc) is 2.50. The number of hydrogen-bond donors (Lipinski definition) is 0. The molecule has 0 saturated carbocycles. The van der Waals surface area contributed by atoms with Gasteiger partial charge in [0.05, 0.1) is 19.8 Å². The standard InChI is InChI=1S/C15H20O4/c1-3-14-9-16-15(17-10-14,18-11-14)12(2)19-13-7-5-4-6-8-13/h4-8,12H,3,9-11H2,1-2H3. The zero-order valence-corrected chi connectivity index (χ0v) is 11.4. The van der Waals surface area contributed by atoms with Crippen molar-refractivity contribution in [2.45, 2.75) is 32.3 Å². The summed E-state index contributed by atoms with van der Waals surface area (Å²) in [4.78, 5) is 0. The minimum absolute atomic E-state index is 0.0220. The van der Waals surface area contributed by atoms with E-state index in [2.05, 4.69) is 6.92 Å². The lowest BCUT2D eigenvalue weighted by Gasteiger charge is -2.53. The molecular formula is C15H20O4. The number of rotatable bonds is 4. The lowest BCUT2D eigenvalue weighted by Crippen LogP contribution is -2.65. The van der Waals surface area contributed by atoms with Gasteiger partial charge in [-0.25, -0.2) is 0 Å². The van der Waals surface area contributed by atoms with Gasteiger partial charge in [0.15, 0.2) is 6.10 Å². The first-order chi connectivity index (χ1) is 9.18. The lowest BCUT2D eigenvalue weighted by atomic mass is 9.86. The maximum absolute atomic E-state index is 5.86. The molecule has 3 saturated heterocycles. The molecule has 1 unspecified atom stereocenters. The number of hydrogen-bond acceptors (Lipinski definition) is 4. The third-order valence-corrected chi connectivity index (χ3v) is 4.04. The van der Waals surface area contributed by atoms with E-state index in [4.69, 9.17) is 18.9 Å². The van der Waals surface area contributed by atoms with E-state index in [0.717, 1.165) is 12.2 Å². The summed E-state index contributed by atoms with van der Waals surface area (Å²) >= 11 is 0. The van der Waals surface area contributed by atoms with Crippen LogP contribution in [0.1, 0.15) is 20.3 Å². The zero-order valence-electron chi connectivity index (χ0n) is 11.4. The van der Waals surface area contributed by atoms with E-state index < -0.39 is 5.97 Å². The van der Waals surface area contributed by atoms with Crippen LogP contribution in [-0.2, 0) is 14.2 Å². The highest BCUT2D eigenvalue weighted by Gasteiger charge is 2.55. The summed E-state index contributed by atoms with van der Waals surface area (Å²) in [5.74, 6) is -0.259. The van der Waals surface area contributed by atoms with Crippen LogP contribution < -0.4 is 4.74 Å². The first-order valence-corrected chi connectivity index (χ1v) is 6.82. The van der Waals surface area contributed by atoms with Crippen molar-refractivity contribution >= 4 is 0 Å². The fourth-order valence-electron chi connectivity index (χ4n) is 2.44. The molecule has 0 radical (unpaired) electrons. The van der Waals surface area contributed by atoms with E-state index in [1.54, 1.807) is 0 Å². The Labute approximate surface area is 113 Å². The molecule has 3 aliphatic heterocycles. The smallest absolute Gasteiger partial charge is 0.322 e. The van der Waals surface area contributed by atoms with Crippen LogP contribution >= 0.6 is 0 Å². The Morgan fingerprint density at radius 2 is 1.68 bits per heavy atom. The van der Waals surface area contributed by atoms with Crippen molar-refractivity contribution in [2.75, 3.05) is 19.8 Å². The predicted molar refractivity (Wildman–Crippen MR) is 69.8 cm³/mol. The second-order valence-corrected chi connectivity index (χ2v) is 5.40. The zero-order chi connectivity index (χ0) is 13.3. The van der Waals surface area contributed by atoms with Gasteiger partial charge in [-0.2, -0.15) is 0 Å². The van der Waals surface area contributed by atoms with Gasteiger partial charge in [0.1, 0.15) is 5.75 Å². The summed E-state index contributed by atoms with van der Waals surface area (Å²) in [5.41, 5.74) is 0.0220. The highest BCUT2D eigenvalue weighted by atomic mass is 16.9. The fraction of sp³-hybridized carbons (Fsp3) is 0.600. The van der Waals surface area contributed by atoms with Crippen LogP contribution in [0, 0.1) is 5.41 Å². The number of para-hydroxylation sites is 1. The third kappa shape index (κ3) is 2.24. The van der Waals surface area contributed by atoms with E-state index in [1.165, 1.54) is 0 Å². The Kier molecular flexibility index (Phi) is 3.25. The fourth-order valence-corrected chi connectivity index (χ4v) is 2.44. The number of fused-ring (bicyclic) bond motifs is 3. The normalized spacial score (nSPS) is 35.1. The molecule has 4 rings (SSSR count).